The second-order valence-electron chi connectivity index (χ2n) is 7.71. The summed E-state index contributed by atoms with van der Waals surface area (Å²) in [7, 11) is 0. The molecule has 2 aromatic carbocycles. The smallest absolute Gasteiger partial charge is 0.258 e. The first-order chi connectivity index (χ1) is 15.5. The number of hydrogen-bond donors (Lipinski definition) is 2. The molecule has 0 heterocycles. The number of amides is 2. The second-order valence-corrected chi connectivity index (χ2v) is 9.56. The van der Waals surface area contributed by atoms with Crippen LogP contribution in [0.15, 0.2) is 58.5 Å². The van der Waals surface area contributed by atoms with Crippen molar-refractivity contribution in [2.75, 3.05) is 6.61 Å². The molecule has 1 atom stereocenters. The maximum absolute atomic E-state index is 12.2. The minimum atomic E-state index is -0.302. The van der Waals surface area contributed by atoms with Crippen LogP contribution < -0.4 is 15.5 Å². The Morgan fingerprint density at radius 3 is 2.50 bits per heavy atom. The Morgan fingerprint density at radius 1 is 1.12 bits per heavy atom. The third kappa shape index (κ3) is 8.20. The fourth-order valence-corrected chi connectivity index (χ4v) is 4.33. The highest BCUT2D eigenvalue weighted by Crippen LogP contribution is 2.24. The molecule has 2 N–H and O–H groups in total. The predicted molar refractivity (Wildman–Crippen MR) is 129 cm³/mol. The van der Waals surface area contributed by atoms with Gasteiger partial charge in [0.1, 0.15) is 5.75 Å². The largest absolute Gasteiger partial charge is 0.484 e. The molecule has 0 spiro atoms. The van der Waals surface area contributed by atoms with Gasteiger partial charge in [0.15, 0.2) is 6.61 Å². The highest BCUT2D eigenvalue weighted by molar-refractivity contribution is 8.00. The summed E-state index contributed by atoms with van der Waals surface area (Å²) in [5.41, 5.74) is 3.36. The Labute approximate surface area is 198 Å². The average molecular weight is 474 g/mol. The highest BCUT2D eigenvalue weighted by Gasteiger charge is 2.16. The average Bonchev–Trinajstić information content (AvgIpc) is 2.80. The molecule has 2 aromatic rings. The Morgan fingerprint density at radius 2 is 1.81 bits per heavy atom. The molecule has 8 heteroatoms. The zero-order valence-corrected chi connectivity index (χ0v) is 19.6. The molecule has 0 radical (unpaired) electrons. The van der Waals surface area contributed by atoms with Gasteiger partial charge in [0.25, 0.3) is 11.8 Å². The van der Waals surface area contributed by atoms with Crippen LogP contribution in [0.5, 0.6) is 5.75 Å². The van der Waals surface area contributed by atoms with Crippen LogP contribution in [-0.2, 0) is 9.59 Å². The minimum absolute atomic E-state index is 0.00314. The van der Waals surface area contributed by atoms with E-state index in [2.05, 4.69) is 15.8 Å². The molecule has 2 amide bonds. The van der Waals surface area contributed by atoms with E-state index in [1.54, 1.807) is 30.5 Å². The number of carbonyl (C=O) groups excluding carboxylic acids is 2. The molecule has 1 saturated carbocycles. The van der Waals surface area contributed by atoms with Crippen molar-refractivity contribution in [2.24, 2.45) is 5.10 Å². The van der Waals surface area contributed by atoms with Gasteiger partial charge >= 0.3 is 0 Å². The number of nitrogens with zero attached hydrogens (tertiary/aromatic N) is 1. The molecule has 6 nitrogen and oxygen atoms in total. The molecule has 0 aromatic heterocycles. The van der Waals surface area contributed by atoms with Crippen molar-refractivity contribution in [3.8, 4) is 5.75 Å². The number of hydrogen-bond acceptors (Lipinski definition) is 5. The number of ether oxygens (including phenoxy) is 1. The van der Waals surface area contributed by atoms with Gasteiger partial charge in [-0.05, 0) is 73.9 Å². The molecule has 1 aliphatic carbocycles. The first-order valence-corrected chi connectivity index (χ1v) is 12.0. The summed E-state index contributed by atoms with van der Waals surface area (Å²) in [6.45, 7) is 1.82. The van der Waals surface area contributed by atoms with E-state index in [1.807, 2.05) is 31.2 Å². The number of carbonyl (C=O) groups is 2. The van der Waals surface area contributed by atoms with Crippen molar-refractivity contribution in [1.82, 2.24) is 10.7 Å². The van der Waals surface area contributed by atoms with E-state index < -0.39 is 0 Å². The number of thioether (sulfide) groups is 1. The van der Waals surface area contributed by atoms with Crippen molar-refractivity contribution >= 4 is 41.4 Å². The Hall–Kier alpha value is -2.51. The Balaban J connectivity index is 1.38. The van der Waals surface area contributed by atoms with E-state index in [-0.39, 0.29) is 29.7 Å². The summed E-state index contributed by atoms with van der Waals surface area (Å²) in [5, 5.41) is 7.42. The van der Waals surface area contributed by atoms with Gasteiger partial charge in [-0.15, -0.1) is 11.8 Å². The lowest BCUT2D eigenvalue weighted by atomic mass is 9.95. The van der Waals surface area contributed by atoms with E-state index in [0.29, 0.717) is 10.8 Å². The van der Waals surface area contributed by atoms with Crippen molar-refractivity contribution in [3.63, 3.8) is 0 Å². The fraction of sp³-hybridized carbons (Fsp3) is 0.375. The zero-order valence-electron chi connectivity index (χ0n) is 18.1. The maximum Gasteiger partial charge on any atom is 0.258 e. The van der Waals surface area contributed by atoms with Crippen LogP contribution in [0.25, 0.3) is 0 Å². The van der Waals surface area contributed by atoms with Crippen LogP contribution in [0.2, 0.25) is 5.02 Å². The van der Waals surface area contributed by atoms with Gasteiger partial charge in [-0.2, -0.15) is 5.10 Å². The molecule has 0 saturated heterocycles. The molecule has 170 valence electrons. The van der Waals surface area contributed by atoms with Crippen LogP contribution in [0.4, 0.5) is 0 Å². The standard InChI is InChI=1S/C24H28ClN3O3S/c1-17(32-22-13-9-19(25)10-14-22)24(30)28-26-15-18-7-11-21(12-8-18)31-16-23(29)27-20-5-3-2-4-6-20/h7-15,17,20H,2-6,16H2,1H3,(H,27,29)(H,28,30)/b26-15-/t17-/m0/s1. The van der Waals surface area contributed by atoms with E-state index in [9.17, 15) is 9.59 Å². The van der Waals surface area contributed by atoms with Gasteiger partial charge in [-0.3, -0.25) is 9.59 Å². The van der Waals surface area contributed by atoms with Crippen LogP contribution in [-0.4, -0.2) is 35.9 Å². The molecule has 1 aliphatic rings. The lowest BCUT2D eigenvalue weighted by molar-refractivity contribution is -0.124. The van der Waals surface area contributed by atoms with E-state index in [4.69, 9.17) is 16.3 Å². The molecule has 0 unspecified atom stereocenters. The van der Waals surface area contributed by atoms with Gasteiger partial charge in [-0.1, -0.05) is 30.9 Å². The number of rotatable bonds is 9. The zero-order chi connectivity index (χ0) is 22.8. The highest BCUT2D eigenvalue weighted by atomic mass is 35.5. The lowest BCUT2D eigenvalue weighted by Crippen LogP contribution is -2.38. The fourth-order valence-electron chi connectivity index (χ4n) is 3.35. The summed E-state index contributed by atoms with van der Waals surface area (Å²) < 4.78 is 5.57. The van der Waals surface area contributed by atoms with Gasteiger partial charge in [-0.25, -0.2) is 5.43 Å². The number of halogens is 1. The van der Waals surface area contributed by atoms with Crippen LogP contribution in [0.3, 0.4) is 0 Å². The normalized spacial score (nSPS) is 15.3. The maximum atomic E-state index is 12.2. The summed E-state index contributed by atoms with van der Waals surface area (Å²) in [4.78, 5) is 25.2. The van der Waals surface area contributed by atoms with Crippen molar-refractivity contribution in [3.05, 3.63) is 59.1 Å². The monoisotopic (exact) mass is 473 g/mol. The van der Waals surface area contributed by atoms with Crippen molar-refractivity contribution < 1.29 is 14.3 Å². The SMILES string of the molecule is C[C@H](Sc1ccc(Cl)cc1)C(=O)N/N=C\c1ccc(OCC(=O)NC2CCCCC2)cc1. The number of hydrazone groups is 1. The third-order valence-corrected chi connectivity index (χ3v) is 6.47. The van der Waals surface area contributed by atoms with Gasteiger partial charge < -0.3 is 10.1 Å². The van der Waals surface area contributed by atoms with E-state index in [1.165, 1.54) is 31.0 Å². The van der Waals surface area contributed by atoms with Gasteiger partial charge in [0.05, 0.1) is 11.5 Å². The van der Waals surface area contributed by atoms with Gasteiger partial charge in [0, 0.05) is 16.0 Å². The van der Waals surface area contributed by atoms with Crippen molar-refractivity contribution in [1.29, 1.82) is 0 Å². The lowest BCUT2D eigenvalue weighted by Gasteiger charge is -2.22. The first-order valence-electron chi connectivity index (χ1n) is 10.8. The molecular weight excluding hydrogens is 446 g/mol. The van der Waals surface area contributed by atoms with Gasteiger partial charge in [0.2, 0.25) is 0 Å². The van der Waals surface area contributed by atoms with Crippen LogP contribution in [0, 0.1) is 0 Å². The first kappa shape index (κ1) is 24.1. The molecule has 32 heavy (non-hydrogen) atoms. The molecule has 0 aliphatic heterocycles. The van der Waals surface area contributed by atoms with E-state index >= 15 is 0 Å². The quantitative estimate of drug-likeness (QED) is 0.311. The predicted octanol–water partition coefficient (Wildman–Crippen LogP) is 4.80. The van der Waals surface area contributed by atoms with Crippen LogP contribution in [0.1, 0.15) is 44.6 Å². The molecular formula is C24H28ClN3O3S. The second kappa shape index (κ2) is 12.5. The summed E-state index contributed by atoms with van der Waals surface area (Å²) in [6, 6.07) is 14.8. The number of benzene rings is 2. The molecule has 3 rings (SSSR count). The van der Waals surface area contributed by atoms with E-state index in [0.717, 1.165) is 23.3 Å². The topological polar surface area (TPSA) is 79.8 Å². The summed E-state index contributed by atoms with van der Waals surface area (Å²) in [6.07, 6.45) is 7.27. The third-order valence-electron chi connectivity index (χ3n) is 5.10. The summed E-state index contributed by atoms with van der Waals surface area (Å²) in [5.74, 6) is 0.332. The van der Waals surface area contributed by atoms with Crippen LogP contribution >= 0.6 is 23.4 Å². The molecule has 0 bridgehead atoms. The Kier molecular flexibility index (Phi) is 9.43. The summed E-state index contributed by atoms with van der Waals surface area (Å²) >= 11 is 7.31. The number of nitrogens with one attached hydrogen (secondary N) is 2. The minimum Gasteiger partial charge on any atom is -0.484 e. The Bertz CT molecular complexity index is 913. The van der Waals surface area contributed by atoms with Crippen molar-refractivity contribution in [2.45, 2.75) is 55.2 Å². The molecule has 1 fully saturated rings.